The number of aromatic nitrogens is 1. The van der Waals surface area contributed by atoms with Crippen molar-refractivity contribution < 1.29 is 13.9 Å². The van der Waals surface area contributed by atoms with Gasteiger partial charge in [-0.3, -0.25) is 10.2 Å². The number of piperazine rings is 1. The number of halogens is 1. The predicted molar refractivity (Wildman–Crippen MR) is 113 cm³/mol. The topological polar surface area (TPSA) is 95.5 Å². The van der Waals surface area contributed by atoms with E-state index in [1.165, 1.54) is 0 Å². The van der Waals surface area contributed by atoms with Crippen LogP contribution in [0.3, 0.4) is 0 Å². The van der Waals surface area contributed by atoms with Crippen LogP contribution in [0.2, 0.25) is 0 Å². The van der Waals surface area contributed by atoms with Crippen molar-refractivity contribution >= 4 is 23.3 Å². The van der Waals surface area contributed by atoms with E-state index in [0.717, 1.165) is 24.6 Å². The van der Waals surface area contributed by atoms with E-state index in [9.17, 15) is 9.18 Å². The number of pyridine rings is 1. The largest absolute Gasteiger partial charge is 0.460 e. The van der Waals surface area contributed by atoms with Crippen LogP contribution in [0.4, 0.5) is 15.9 Å². The van der Waals surface area contributed by atoms with Gasteiger partial charge < -0.3 is 20.3 Å². The lowest BCUT2D eigenvalue weighted by molar-refractivity contribution is -0.143. The Morgan fingerprint density at radius 1 is 1.17 bits per heavy atom. The average molecular weight is 401 g/mol. The van der Waals surface area contributed by atoms with Gasteiger partial charge in [0, 0.05) is 37.4 Å². The number of ether oxygens (including phenoxy) is 1. The minimum atomic E-state index is -0.642. The highest BCUT2D eigenvalue weighted by molar-refractivity contribution is 5.94. The minimum absolute atomic E-state index is 0. The number of nitrogens with zero attached hydrogens (tertiary/aromatic N) is 3. The lowest BCUT2D eigenvalue weighted by Crippen LogP contribution is -2.47. The third-order valence-electron chi connectivity index (χ3n) is 4.60. The minimum Gasteiger partial charge on any atom is -0.460 e. The van der Waals surface area contributed by atoms with Gasteiger partial charge in [0.15, 0.2) is 5.82 Å². The molecule has 2 aromatic rings. The molecule has 0 radical (unpaired) electrons. The zero-order valence-corrected chi connectivity index (χ0v) is 15.8. The molecule has 0 unspecified atom stereocenters. The highest BCUT2D eigenvalue weighted by Gasteiger charge is 2.22. The zero-order chi connectivity index (χ0) is 20.1. The molecule has 1 aliphatic rings. The van der Waals surface area contributed by atoms with Crippen LogP contribution in [-0.2, 0) is 16.1 Å². The van der Waals surface area contributed by atoms with E-state index >= 15 is 0 Å². The molecule has 0 aliphatic carbocycles. The van der Waals surface area contributed by atoms with Gasteiger partial charge in [0.05, 0.1) is 5.69 Å². The van der Waals surface area contributed by atoms with Gasteiger partial charge in [-0.2, -0.15) is 0 Å². The summed E-state index contributed by atoms with van der Waals surface area (Å²) in [5, 5.41) is 7.10. The van der Waals surface area contributed by atoms with E-state index < -0.39 is 5.97 Å². The number of anilines is 2. The fourth-order valence-electron chi connectivity index (χ4n) is 3.17. The van der Waals surface area contributed by atoms with E-state index in [2.05, 4.69) is 9.88 Å². The van der Waals surface area contributed by atoms with Crippen molar-refractivity contribution in [1.82, 2.24) is 4.98 Å². The van der Waals surface area contributed by atoms with E-state index in [1.807, 2.05) is 30.0 Å². The summed E-state index contributed by atoms with van der Waals surface area (Å²) in [5.41, 5.74) is 6.94. The monoisotopic (exact) mass is 401 g/mol. The smallest absolute Gasteiger partial charge is 0.313 e. The number of nitrogens with one attached hydrogen (secondary N) is 1. The van der Waals surface area contributed by atoms with Gasteiger partial charge in [-0.15, -0.1) is 0 Å². The average Bonchev–Trinajstić information content (AvgIpc) is 2.67. The van der Waals surface area contributed by atoms with E-state index in [1.54, 1.807) is 18.2 Å². The number of hydrogen-bond donors (Lipinski definition) is 2. The van der Waals surface area contributed by atoms with Crippen molar-refractivity contribution in [3.05, 3.63) is 53.5 Å². The van der Waals surface area contributed by atoms with Gasteiger partial charge in [0.25, 0.3) is 0 Å². The molecule has 0 spiro atoms. The molecular weight excluding hydrogens is 373 g/mol. The Kier molecular flexibility index (Phi) is 7.52. The van der Waals surface area contributed by atoms with E-state index in [0.29, 0.717) is 24.3 Å². The first-order valence-corrected chi connectivity index (χ1v) is 9.13. The number of carbonyl (C=O) groups excluding carboxylic acids is 1. The van der Waals surface area contributed by atoms with Gasteiger partial charge in [-0.25, -0.2) is 9.37 Å². The number of amidine groups is 1. The second-order valence-electron chi connectivity index (χ2n) is 6.72. The number of nitrogens with two attached hydrogens (primary N) is 1. The van der Waals surface area contributed by atoms with Crippen LogP contribution in [0.1, 0.15) is 25.1 Å². The zero-order valence-electron chi connectivity index (χ0n) is 15.8. The molecule has 1 saturated heterocycles. The lowest BCUT2D eigenvalue weighted by atomic mass is 10.1. The molecule has 1 aromatic heterocycles. The molecule has 156 valence electrons. The Hall–Kier alpha value is -3.16. The lowest BCUT2D eigenvalue weighted by Gasteiger charge is -2.37. The SMILES string of the molecule is C.Cc1cccc(N2CCN(c3cccc(COC(=O)CC(=N)N)c3F)CC2)n1. The summed E-state index contributed by atoms with van der Waals surface area (Å²) >= 11 is 0. The molecule has 7 nitrogen and oxygen atoms in total. The normalized spacial score (nSPS) is 13.6. The molecule has 2 heterocycles. The van der Waals surface area contributed by atoms with Crippen LogP contribution >= 0.6 is 0 Å². The third kappa shape index (κ3) is 5.66. The summed E-state index contributed by atoms with van der Waals surface area (Å²) in [7, 11) is 0. The molecule has 8 heteroatoms. The van der Waals surface area contributed by atoms with Gasteiger partial charge >= 0.3 is 5.97 Å². The highest BCUT2D eigenvalue weighted by atomic mass is 19.1. The molecule has 1 aromatic carbocycles. The maximum atomic E-state index is 14.9. The van der Waals surface area contributed by atoms with Crippen molar-refractivity contribution in [3.8, 4) is 0 Å². The molecule has 29 heavy (non-hydrogen) atoms. The molecule has 0 saturated carbocycles. The molecular formula is C21H28FN5O2. The fraction of sp³-hybridized carbons (Fsp3) is 0.381. The molecule has 3 N–H and O–H groups in total. The highest BCUT2D eigenvalue weighted by Crippen LogP contribution is 2.25. The van der Waals surface area contributed by atoms with Crippen LogP contribution in [0, 0.1) is 18.2 Å². The number of aryl methyl sites for hydroxylation is 1. The van der Waals surface area contributed by atoms with Crippen LogP contribution in [0.15, 0.2) is 36.4 Å². The second kappa shape index (κ2) is 9.86. The Balaban J connectivity index is 0.00000300. The first kappa shape index (κ1) is 22.1. The molecule has 0 amide bonds. The van der Waals surface area contributed by atoms with Gasteiger partial charge in [0.2, 0.25) is 0 Å². The Morgan fingerprint density at radius 3 is 2.48 bits per heavy atom. The fourth-order valence-corrected chi connectivity index (χ4v) is 3.17. The first-order chi connectivity index (χ1) is 13.4. The number of benzene rings is 1. The maximum absolute atomic E-state index is 14.9. The van der Waals surface area contributed by atoms with Crippen molar-refractivity contribution in [2.45, 2.75) is 27.4 Å². The summed E-state index contributed by atoms with van der Waals surface area (Å²) in [6.07, 6.45) is -0.295. The van der Waals surface area contributed by atoms with Crippen LogP contribution < -0.4 is 15.5 Å². The first-order valence-electron chi connectivity index (χ1n) is 9.13. The number of hydrogen-bond acceptors (Lipinski definition) is 6. The summed E-state index contributed by atoms with van der Waals surface area (Å²) in [6.45, 7) is 4.60. The summed E-state index contributed by atoms with van der Waals surface area (Å²) < 4.78 is 19.9. The Labute approximate surface area is 170 Å². The molecule has 3 rings (SSSR count). The van der Waals surface area contributed by atoms with Crippen molar-refractivity contribution in [2.24, 2.45) is 5.73 Å². The maximum Gasteiger partial charge on any atom is 0.313 e. The van der Waals surface area contributed by atoms with Crippen LogP contribution in [-0.4, -0.2) is 43.0 Å². The number of carbonyl (C=O) groups is 1. The van der Waals surface area contributed by atoms with Crippen molar-refractivity contribution in [2.75, 3.05) is 36.0 Å². The summed E-state index contributed by atoms with van der Waals surface area (Å²) in [4.78, 5) is 20.3. The van der Waals surface area contributed by atoms with Gasteiger partial charge in [-0.05, 0) is 25.1 Å². The second-order valence-corrected chi connectivity index (χ2v) is 6.72. The summed E-state index contributed by atoms with van der Waals surface area (Å²) in [6, 6.07) is 11.0. The molecule has 0 bridgehead atoms. The van der Waals surface area contributed by atoms with Crippen molar-refractivity contribution in [1.29, 1.82) is 5.41 Å². The van der Waals surface area contributed by atoms with Crippen LogP contribution in [0.25, 0.3) is 0 Å². The van der Waals surface area contributed by atoms with E-state index in [4.69, 9.17) is 15.9 Å². The van der Waals surface area contributed by atoms with Gasteiger partial charge in [-0.1, -0.05) is 25.6 Å². The Morgan fingerprint density at radius 2 is 1.83 bits per heavy atom. The number of rotatable bonds is 6. The van der Waals surface area contributed by atoms with Gasteiger partial charge in [0.1, 0.15) is 24.7 Å². The molecule has 1 aliphatic heterocycles. The standard InChI is InChI=1S/C20H24FN5O2.CH4/c1-14-4-2-7-18(24-14)26-10-8-25(9-11-26)16-6-3-5-15(20(16)21)13-28-19(27)12-17(22)23;/h2-7H,8-13H2,1H3,(H3,22,23);1H4. The predicted octanol–water partition coefficient (Wildman–Crippen LogP) is 2.86. The third-order valence-corrected chi connectivity index (χ3v) is 4.60. The molecule has 0 atom stereocenters. The quantitative estimate of drug-likeness (QED) is 0.439. The molecule has 1 fully saturated rings. The van der Waals surface area contributed by atoms with E-state index in [-0.39, 0.29) is 32.1 Å². The number of esters is 1. The van der Waals surface area contributed by atoms with Crippen LogP contribution in [0.5, 0.6) is 0 Å². The van der Waals surface area contributed by atoms with Crippen molar-refractivity contribution in [3.63, 3.8) is 0 Å². The summed E-state index contributed by atoms with van der Waals surface area (Å²) in [5.74, 6) is -0.372. The Bertz CT molecular complexity index is 866.